The summed E-state index contributed by atoms with van der Waals surface area (Å²) in [6, 6.07) is 0.597. The first kappa shape index (κ1) is 15.3. The molecule has 2 aliphatic rings. The molecule has 1 saturated carbocycles. The van der Waals surface area contributed by atoms with Crippen molar-refractivity contribution in [3.63, 3.8) is 0 Å². The number of aromatic nitrogens is 2. The minimum Gasteiger partial charge on any atom is -0.367 e. The number of hydrogen-bond donors (Lipinski definition) is 2. The highest BCUT2D eigenvalue weighted by atomic mass is 32.1. The Morgan fingerprint density at radius 1 is 1.09 bits per heavy atom. The molecule has 3 heterocycles. The second-order valence-electron chi connectivity index (χ2n) is 7.21. The molecule has 0 amide bonds. The van der Waals surface area contributed by atoms with Gasteiger partial charge in [-0.15, -0.1) is 11.3 Å². The lowest BCUT2D eigenvalue weighted by molar-refractivity contribution is -0.902. The van der Waals surface area contributed by atoms with Crippen LogP contribution < -0.4 is 10.2 Å². The van der Waals surface area contributed by atoms with Crippen LogP contribution >= 0.6 is 11.3 Å². The van der Waals surface area contributed by atoms with E-state index in [1.807, 2.05) is 11.3 Å². The fourth-order valence-corrected chi connectivity index (χ4v) is 5.06. The lowest BCUT2D eigenvalue weighted by Crippen LogP contribution is -3.08. The number of thiophene rings is 1. The molecule has 124 valence electrons. The van der Waals surface area contributed by atoms with Gasteiger partial charge in [-0.3, -0.25) is 0 Å². The van der Waals surface area contributed by atoms with Gasteiger partial charge in [0, 0.05) is 23.8 Å². The maximum atomic E-state index is 4.97. The number of anilines is 1. The van der Waals surface area contributed by atoms with Crippen LogP contribution in [-0.2, 0) is 6.54 Å². The predicted octanol–water partition coefficient (Wildman–Crippen LogP) is 2.84. The van der Waals surface area contributed by atoms with Crippen LogP contribution in [0.3, 0.4) is 0 Å². The van der Waals surface area contributed by atoms with Gasteiger partial charge in [-0.05, 0) is 32.3 Å². The molecule has 0 aromatic carbocycles. The number of fused-ring (bicyclic) bond motifs is 1. The summed E-state index contributed by atoms with van der Waals surface area (Å²) in [4.78, 5) is 14.0. The van der Waals surface area contributed by atoms with Crippen LogP contribution in [0.1, 0.15) is 54.8 Å². The maximum absolute atomic E-state index is 4.97. The molecule has 2 N–H and O–H groups in total. The molecule has 0 atom stereocenters. The zero-order chi connectivity index (χ0) is 15.8. The molecular formula is C18H27N4S+. The van der Waals surface area contributed by atoms with Crippen LogP contribution in [0.2, 0.25) is 0 Å². The number of quaternary nitrogens is 1. The molecule has 5 heteroatoms. The quantitative estimate of drug-likeness (QED) is 0.905. The lowest BCUT2D eigenvalue weighted by atomic mass is 10.2. The Kier molecular flexibility index (Phi) is 4.24. The van der Waals surface area contributed by atoms with Gasteiger partial charge in [0.2, 0.25) is 0 Å². The average Bonchev–Trinajstić information content (AvgIpc) is 3.24. The number of likely N-dealkylation sites (tertiary alicyclic amines) is 1. The number of nitrogens with zero attached hydrogens (tertiary/aromatic N) is 2. The summed E-state index contributed by atoms with van der Waals surface area (Å²) in [5, 5.41) is 5.01. The van der Waals surface area contributed by atoms with Crippen molar-refractivity contribution in [2.24, 2.45) is 0 Å². The first-order valence-electron chi connectivity index (χ1n) is 9.07. The van der Waals surface area contributed by atoms with Crippen LogP contribution in [0.5, 0.6) is 0 Å². The van der Waals surface area contributed by atoms with E-state index in [4.69, 9.17) is 9.97 Å². The number of rotatable bonds is 4. The van der Waals surface area contributed by atoms with Gasteiger partial charge in [0.1, 0.15) is 17.2 Å². The molecule has 0 spiro atoms. The van der Waals surface area contributed by atoms with Gasteiger partial charge >= 0.3 is 0 Å². The molecule has 0 unspecified atom stereocenters. The molecule has 1 aliphatic carbocycles. The normalized spacial score (nSPS) is 19.9. The predicted molar refractivity (Wildman–Crippen MR) is 96.4 cm³/mol. The summed E-state index contributed by atoms with van der Waals surface area (Å²) >= 11 is 1.82. The van der Waals surface area contributed by atoms with Crippen molar-refractivity contribution in [3.8, 4) is 0 Å². The third kappa shape index (κ3) is 3.09. The molecule has 23 heavy (non-hydrogen) atoms. The Hall–Kier alpha value is -1.20. The van der Waals surface area contributed by atoms with E-state index in [1.54, 1.807) is 4.90 Å². The summed E-state index contributed by atoms with van der Waals surface area (Å²) < 4.78 is 0. The largest absolute Gasteiger partial charge is 0.367 e. The van der Waals surface area contributed by atoms with Gasteiger partial charge < -0.3 is 10.2 Å². The smallest absolute Gasteiger partial charge is 0.187 e. The van der Waals surface area contributed by atoms with Crippen LogP contribution in [0.4, 0.5) is 5.82 Å². The van der Waals surface area contributed by atoms with E-state index in [0.29, 0.717) is 6.04 Å². The van der Waals surface area contributed by atoms with Crippen LogP contribution in [0.25, 0.3) is 10.2 Å². The molecule has 2 aromatic heterocycles. The maximum Gasteiger partial charge on any atom is 0.187 e. The van der Waals surface area contributed by atoms with E-state index in [2.05, 4.69) is 19.2 Å². The van der Waals surface area contributed by atoms with Crippen LogP contribution in [0, 0.1) is 13.8 Å². The van der Waals surface area contributed by atoms with Crippen molar-refractivity contribution in [1.82, 2.24) is 9.97 Å². The highest BCUT2D eigenvalue weighted by molar-refractivity contribution is 7.18. The zero-order valence-corrected chi connectivity index (χ0v) is 15.1. The molecule has 4 nitrogen and oxygen atoms in total. The van der Waals surface area contributed by atoms with E-state index >= 15 is 0 Å². The summed E-state index contributed by atoms with van der Waals surface area (Å²) in [7, 11) is 0. The van der Waals surface area contributed by atoms with Gasteiger partial charge in [0.15, 0.2) is 5.82 Å². The average molecular weight is 332 g/mol. The first-order valence-corrected chi connectivity index (χ1v) is 9.89. The van der Waals surface area contributed by atoms with Crippen molar-refractivity contribution in [3.05, 3.63) is 16.3 Å². The van der Waals surface area contributed by atoms with Gasteiger partial charge in [-0.25, -0.2) is 9.97 Å². The summed E-state index contributed by atoms with van der Waals surface area (Å²) in [6.45, 7) is 7.94. The van der Waals surface area contributed by atoms with Crippen molar-refractivity contribution >= 4 is 27.4 Å². The highest BCUT2D eigenvalue weighted by Crippen LogP contribution is 2.34. The molecule has 2 aromatic rings. The van der Waals surface area contributed by atoms with Crippen molar-refractivity contribution < 1.29 is 4.90 Å². The second kappa shape index (κ2) is 6.36. The minimum absolute atomic E-state index is 0.597. The third-order valence-electron chi connectivity index (χ3n) is 5.49. The van der Waals surface area contributed by atoms with E-state index in [-0.39, 0.29) is 0 Å². The fourth-order valence-electron chi connectivity index (χ4n) is 4.02. The van der Waals surface area contributed by atoms with E-state index in [0.717, 1.165) is 18.2 Å². The Bertz CT molecular complexity index is 697. The summed E-state index contributed by atoms with van der Waals surface area (Å²) in [5.41, 5.74) is 1.35. The topological polar surface area (TPSA) is 42.2 Å². The van der Waals surface area contributed by atoms with E-state index < -0.39 is 0 Å². The Balaban J connectivity index is 1.70. The molecular weight excluding hydrogens is 304 g/mol. The Morgan fingerprint density at radius 2 is 1.83 bits per heavy atom. The Morgan fingerprint density at radius 3 is 2.57 bits per heavy atom. The van der Waals surface area contributed by atoms with Crippen molar-refractivity contribution in [2.75, 3.05) is 18.4 Å². The second-order valence-corrected chi connectivity index (χ2v) is 8.41. The fraction of sp³-hybridized carbons (Fsp3) is 0.667. The van der Waals surface area contributed by atoms with Crippen LogP contribution in [-0.4, -0.2) is 29.1 Å². The SMILES string of the molecule is Cc1sc2nc(C[NH+]3CCCC3)nc(NC3CCCC3)c2c1C. The van der Waals surface area contributed by atoms with Gasteiger partial charge in [0.25, 0.3) is 0 Å². The Labute approximate surface area is 142 Å². The minimum atomic E-state index is 0.597. The molecule has 0 bridgehead atoms. The van der Waals surface area contributed by atoms with E-state index in [9.17, 15) is 0 Å². The summed E-state index contributed by atoms with van der Waals surface area (Å²) in [6.07, 6.45) is 7.95. The summed E-state index contributed by atoms with van der Waals surface area (Å²) in [5.74, 6) is 2.12. The number of aryl methyl sites for hydroxylation is 2. The van der Waals surface area contributed by atoms with Crippen LogP contribution in [0.15, 0.2) is 0 Å². The highest BCUT2D eigenvalue weighted by Gasteiger charge is 2.22. The molecule has 4 rings (SSSR count). The van der Waals surface area contributed by atoms with Crippen molar-refractivity contribution in [2.45, 2.75) is 65.0 Å². The molecule has 0 radical (unpaired) electrons. The van der Waals surface area contributed by atoms with E-state index in [1.165, 1.54) is 72.3 Å². The standard InChI is InChI=1S/C18H26N4S/c1-12-13(2)23-18-16(12)17(19-14-7-3-4-8-14)20-15(21-18)11-22-9-5-6-10-22/h14H,3-11H2,1-2H3,(H,19,20,21)/p+1. The van der Waals surface area contributed by atoms with Gasteiger partial charge in [-0.2, -0.15) is 0 Å². The molecule has 2 fully saturated rings. The number of hydrogen-bond acceptors (Lipinski definition) is 4. The third-order valence-corrected chi connectivity index (χ3v) is 6.59. The monoisotopic (exact) mass is 331 g/mol. The first-order chi connectivity index (χ1) is 11.2. The number of nitrogens with one attached hydrogen (secondary N) is 2. The zero-order valence-electron chi connectivity index (χ0n) is 14.2. The molecule has 1 saturated heterocycles. The molecule has 1 aliphatic heterocycles. The van der Waals surface area contributed by atoms with Gasteiger partial charge in [0.05, 0.1) is 18.5 Å². The van der Waals surface area contributed by atoms with Crippen molar-refractivity contribution in [1.29, 1.82) is 0 Å². The lowest BCUT2D eigenvalue weighted by Gasteiger charge is -2.16. The van der Waals surface area contributed by atoms with Gasteiger partial charge in [-0.1, -0.05) is 12.8 Å².